The monoisotopic (exact) mass is 480 g/mol. The van der Waals surface area contributed by atoms with E-state index in [1.165, 1.54) is 16.1 Å². The van der Waals surface area contributed by atoms with E-state index in [1.54, 1.807) is 24.3 Å². The molecular formula is C27H32N2O4S. The molecule has 3 aromatic rings. The van der Waals surface area contributed by atoms with E-state index in [9.17, 15) is 13.2 Å². The van der Waals surface area contributed by atoms with Crippen LogP contribution in [0.5, 0.6) is 5.75 Å². The van der Waals surface area contributed by atoms with Crippen LogP contribution in [-0.2, 0) is 16.6 Å². The van der Waals surface area contributed by atoms with Gasteiger partial charge in [0.25, 0.3) is 5.91 Å². The van der Waals surface area contributed by atoms with E-state index in [2.05, 4.69) is 5.32 Å². The summed E-state index contributed by atoms with van der Waals surface area (Å²) in [6.07, 6.45) is 1.20. The van der Waals surface area contributed by atoms with Gasteiger partial charge in [0.1, 0.15) is 12.4 Å². The van der Waals surface area contributed by atoms with Crippen LogP contribution in [0.2, 0.25) is 0 Å². The van der Waals surface area contributed by atoms with Crippen molar-refractivity contribution in [1.29, 1.82) is 0 Å². The fourth-order valence-corrected chi connectivity index (χ4v) is 4.33. The Hall–Kier alpha value is -3.32. The van der Waals surface area contributed by atoms with Crippen LogP contribution < -0.4 is 14.4 Å². The molecule has 3 aromatic carbocycles. The minimum atomic E-state index is -3.48. The Morgan fingerprint density at radius 1 is 0.853 bits per heavy atom. The van der Waals surface area contributed by atoms with Crippen LogP contribution >= 0.6 is 0 Å². The quantitative estimate of drug-likeness (QED) is 0.451. The van der Waals surface area contributed by atoms with E-state index in [-0.39, 0.29) is 12.5 Å². The molecule has 0 saturated heterocycles. The molecule has 0 fully saturated rings. The number of amides is 1. The number of rotatable bonds is 9. The van der Waals surface area contributed by atoms with E-state index in [1.807, 2.05) is 64.1 Å². The molecule has 0 aromatic heterocycles. The highest BCUT2D eigenvalue weighted by molar-refractivity contribution is 7.92. The summed E-state index contributed by atoms with van der Waals surface area (Å²) in [4.78, 5) is 12.5. The highest BCUT2D eigenvalue weighted by atomic mass is 32.2. The lowest BCUT2D eigenvalue weighted by Crippen LogP contribution is -2.29. The van der Waals surface area contributed by atoms with Crippen LogP contribution in [0.4, 0.5) is 5.69 Å². The van der Waals surface area contributed by atoms with Crippen molar-refractivity contribution < 1.29 is 17.9 Å². The number of nitrogens with one attached hydrogen (secondary N) is 1. The molecule has 0 spiro atoms. The minimum absolute atomic E-state index is 0.188. The predicted octanol–water partition coefficient (Wildman–Crippen LogP) is 4.70. The summed E-state index contributed by atoms with van der Waals surface area (Å²) in [6, 6.07) is 18.5. The Labute approximate surface area is 202 Å². The molecule has 34 heavy (non-hydrogen) atoms. The zero-order valence-electron chi connectivity index (χ0n) is 20.4. The number of carbonyl (C=O) groups excluding carboxylic acids is 1. The first kappa shape index (κ1) is 25.3. The molecule has 0 radical (unpaired) electrons. The van der Waals surface area contributed by atoms with Gasteiger partial charge in [-0.2, -0.15) is 0 Å². The second-order valence-corrected chi connectivity index (χ2v) is 10.5. The maximum Gasteiger partial charge on any atom is 0.251 e. The largest absolute Gasteiger partial charge is 0.492 e. The number of hydrogen-bond donors (Lipinski definition) is 1. The fourth-order valence-electron chi connectivity index (χ4n) is 3.45. The van der Waals surface area contributed by atoms with Crippen molar-refractivity contribution in [3.63, 3.8) is 0 Å². The van der Waals surface area contributed by atoms with E-state index in [0.717, 1.165) is 28.0 Å². The summed E-state index contributed by atoms with van der Waals surface area (Å²) in [7, 11) is -3.48. The van der Waals surface area contributed by atoms with Crippen molar-refractivity contribution in [3.05, 3.63) is 94.0 Å². The van der Waals surface area contributed by atoms with Crippen molar-refractivity contribution >= 4 is 21.6 Å². The summed E-state index contributed by atoms with van der Waals surface area (Å²) >= 11 is 0. The van der Waals surface area contributed by atoms with Crippen LogP contribution in [0.3, 0.4) is 0 Å². The number of aryl methyl sites for hydroxylation is 4. The van der Waals surface area contributed by atoms with E-state index in [4.69, 9.17) is 4.74 Å². The number of benzene rings is 3. The summed E-state index contributed by atoms with van der Waals surface area (Å²) in [5.41, 5.74) is 6.42. The maximum atomic E-state index is 12.5. The first-order valence-corrected chi connectivity index (χ1v) is 13.0. The van der Waals surface area contributed by atoms with Gasteiger partial charge < -0.3 is 10.1 Å². The molecule has 0 heterocycles. The third kappa shape index (κ3) is 6.60. The Bertz CT molecular complexity index is 1270. The van der Waals surface area contributed by atoms with Gasteiger partial charge in [0.2, 0.25) is 10.0 Å². The van der Waals surface area contributed by atoms with Gasteiger partial charge in [0.05, 0.1) is 25.0 Å². The van der Waals surface area contributed by atoms with E-state index >= 15 is 0 Å². The second kappa shape index (κ2) is 10.7. The molecule has 1 N–H and O–H groups in total. The predicted molar refractivity (Wildman–Crippen MR) is 137 cm³/mol. The van der Waals surface area contributed by atoms with E-state index in [0.29, 0.717) is 24.4 Å². The lowest BCUT2D eigenvalue weighted by atomic mass is 10.1. The third-order valence-electron chi connectivity index (χ3n) is 5.86. The highest BCUT2D eigenvalue weighted by Gasteiger charge is 2.18. The molecule has 0 aliphatic carbocycles. The maximum absolute atomic E-state index is 12.5. The molecule has 0 unspecified atom stereocenters. The summed E-state index contributed by atoms with van der Waals surface area (Å²) in [5, 5.41) is 2.85. The van der Waals surface area contributed by atoms with Crippen molar-refractivity contribution in [2.75, 3.05) is 23.7 Å². The van der Waals surface area contributed by atoms with Gasteiger partial charge in [0, 0.05) is 5.56 Å². The molecule has 180 valence electrons. The van der Waals surface area contributed by atoms with Crippen LogP contribution in [0.15, 0.2) is 60.7 Å². The van der Waals surface area contributed by atoms with Crippen molar-refractivity contribution in [3.8, 4) is 5.75 Å². The average Bonchev–Trinajstić information content (AvgIpc) is 2.79. The normalized spacial score (nSPS) is 11.2. The zero-order valence-corrected chi connectivity index (χ0v) is 21.2. The lowest BCUT2D eigenvalue weighted by Gasteiger charge is -2.23. The number of anilines is 1. The molecular weight excluding hydrogens is 448 g/mol. The van der Waals surface area contributed by atoms with Gasteiger partial charge in [0.15, 0.2) is 0 Å². The van der Waals surface area contributed by atoms with Crippen LogP contribution in [-0.4, -0.2) is 33.7 Å². The van der Waals surface area contributed by atoms with Gasteiger partial charge in [-0.05, 0) is 91.9 Å². The number of carbonyl (C=O) groups is 1. The summed E-state index contributed by atoms with van der Waals surface area (Å²) < 4.78 is 32.0. The van der Waals surface area contributed by atoms with Crippen LogP contribution in [0.25, 0.3) is 0 Å². The number of sulfonamides is 1. The molecule has 6 nitrogen and oxygen atoms in total. The van der Waals surface area contributed by atoms with Crippen molar-refractivity contribution in [2.45, 2.75) is 34.2 Å². The van der Waals surface area contributed by atoms with Gasteiger partial charge in [-0.25, -0.2) is 8.42 Å². The average molecular weight is 481 g/mol. The SMILES string of the molecule is Cc1ccc(OCCNC(=O)c2ccc(CN(c3ccc(C)c(C)c3)S(C)(=O)=O)cc2)cc1C. The summed E-state index contributed by atoms with van der Waals surface area (Å²) in [5.74, 6) is 0.574. The van der Waals surface area contributed by atoms with E-state index < -0.39 is 10.0 Å². The number of hydrogen-bond acceptors (Lipinski definition) is 4. The number of nitrogens with zero attached hydrogens (tertiary/aromatic N) is 1. The Balaban J connectivity index is 1.58. The van der Waals surface area contributed by atoms with Crippen LogP contribution in [0, 0.1) is 27.7 Å². The third-order valence-corrected chi connectivity index (χ3v) is 7.00. The topological polar surface area (TPSA) is 75.7 Å². The van der Waals surface area contributed by atoms with Crippen LogP contribution in [0.1, 0.15) is 38.2 Å². The van der Waals surface area contributed by atoms with Gasteiger partial charge in [-0.15, -0.1) is 0 Å². The van der Waals surface area contributed by atoms with Crippen molar-refractivity contribution in [2.24, 2.45) is 0 Å². The Kier molecular flexibility index (Phi) is 7.99. The first-order valence-electron chi connectivity index (χ1n) is 11.2. The Morgan fingerprint density at radius 2 is 1.47 bits per heavy atom. The molecule has 3 rings (SSSR count). The van der Waals surface area contributed by atoms with Gasteiger partial charge >= 0.3 is 0 Å². The Morgan fingerprint density at radius 3 is 2.06 bits per heavy atom. The molecule has 0 saturated carbocycles. The summed E-state index contributed by atoms with van der Waals surface area (Å²) in [6.45, 7) is 8.96. The van der Waals surface area contributed by atoms with Crippen molar-refractivity contribution in [1.82, 2.24) is 5.32 Å². The standard InChI is InChI=1S/C27H32N2O4S/c1-19-6-12-25(16-21(19)3)29(34(5,31)32)18-23-8-10-24(11-9-23)27(30)28-14-15-33-26-13-7-20(2)22(4)17-26/h6-13,16-17H,14-15,18H2,1-5H3,(H,28,30). The molecule has 0 aliphatic heterocycles. The van der Waals surface area contributed by atoms with Gasteiger partial charge in [-0.1, -0.05) is 24.3 Å². The molecule has 0 bridgehead atoms. The molecule has 1 amide bonds. The smallest absolute Gasteiger partial charge is 0.251 e. The minimum Gasteiger partial charge on any atom is -0.492 e. The zero-order chi connectivity index (χ0) is 24.9. The molecule has 0 aliphatic rings. The van der Waals surface area contributed by atoms with Gasteiger partial charge in [-0.3, -0.25) is 9.10 Å². The highest BCUT2D eigenvalue weighted by Crippen LogP contribution is 2.23. The fraction of sp³-hybridized carbons (Fsp3) is 0.296. The lowest BCUT2D eigenvalue weighted by molar-refractivity contribution is 0.0947. The first-order chi connectivity index (χ1) is 16.0. The molecule has 0 atom stereocenters. The molecule has 7 heteroatoms. The number of ether oxygens (including phenoxy) is 1. The second-order valence-electron chi connectivity index (χ2n) is 8.59.